The van der Waals surface area contributed by atoms with Crippen molar-refractivity contribution in [1.29, 1.82) is 0 Å². The van der Waals surface area contributed by atoms with Gasteiger partial charge in [0.05, 0.1) is 5.60 Å². The molecular formula is C21H22F6O2. The molecule has 0 aliphatic heterocycles. The second kappa shape index (κ2) is 7.32. The Kier molecular flexibility index (Phi) is 5.86. The van der Waals surface area contributed by atoms with E-state index in [2.05, 4.69) is 6.58 Å². The molecule has 0 aromatic heterocycles. The summed E-state index contributed by atoms with van der Waals surface area (Å²) in [6.45, 7) is 8.92. The Morgan fingerprint density at radius 3 is 1.93 bits per heavy atom. The van der Waals surface area contributed by atoms with Crippen LogP contribution in [0.3, 0.4) is 0 Å². The number of ether oxygens (including phenoxy) is 1. The van der Waals surface area contributed by atoms with E-state index in [1.165, 1.54) is 13.8 Å². The van der Waals surface area contributed by atoms with Crippen LogP contribution in [0.25, 0.3) is 16.3 Å². The van der Waals surface area contributed by atoms with Gasteiger partial charge in [0.15, 0.2) is 0 Å². The molecule has 2 rings (SSSR count). The van der Waals surface area contributed by atoms with Gasteiger partial charge in [0.2, 0.25) is 0 Å². The highest BCUT2D eigenvalue weighted by Gasteiger charge is 2.74. The van der Waals surface area contributed by atoms with Gasteiger partial charge in [0.1, 0.15) is 6.10 Å². The van der Waals surface area contributed by atoms with E-state index in [1.807, 2.05) is 25.1 Å². The molecule has 2 aromatic rings. The van der Waals surface area contributed by atoms with Gasteiger partial charge in [-0.05, 0) is 61.7 Å². The fraction of sp³-hybridized carbons (Fsp3) is 0.429. The fourth-order valence-electron chi connectivity index (χ4n) is 3.10. The molecule has 1 unspecified atom stereocenters. The highest BCUT2D eigenvalue weighted by molar-refractivity contribution is 5.86. The SMILES string of the molecule is C=C(C)c1ccc2ccc(C(C)(C)OC(C)C(O)(C(F)(F)F)C(F)(F)F)cc2c1. The molecular weight excluding hydrogens is 398 g/mol. The first-order chi connectivity index (χ1) is 13.0. The summed E-state index contributed by atoms with van der Waals surface area (Å²) in [5.74, 6) is 0. The summed E-state index contributed by atoms with van der Waals surface area (Å²) >= 11 is 0. The maximum atomic E-state index is 13.1. The molecule has 0 radical (unpaired) electrons. The van der Waals surface area contributed by atoms with Crippen LogP contribution in [0.2, 0.25) is 0 Å². The minimum atomic E-state index is -5.96. The second-order valence-corrected chi connectivity index (χ2v) is 7.59. The molecule has 0 amide bonds. The smallest absolute Gasteiger partial charge is 0.372 e. The molecule has 0 saturated carbocycles. The van der Waals surface area contributed by atoms with Gasteiger partial charge < -0.3 is 9.84 Å². The van der Waals surface area contributed by atoms with Crippen LogP contribution in [0.1, 0.15) is 38.8 Å². The molecule has 0 aliphatic rings. The van der Waals surface area contributed by atoms with Gasteiger partial charge >= 0.3 is 12.4 Å². The number of allylic oxidation sites excluding steroid dienone is 1. The molecule has 8 heteroatoms. The molecule has 160 valence electrons. The molecule has 0 heterocycles. The number of hydrogen-bond donors (Lipinski definition) is 1. The predicted molar refractivity (Wildman–Crippen MR) is 99.3 cm³/mol. The van der Waals surface area contributed by atoms with Gasteiger partial charge in [-0.25, -0.2) is 0 Å². The fourth-order valence-corrected chi connectivity index (χ4v) is 3.10. The number of hydrogen-bond acceptors (Lipinski definition) is 2. The molecule has 0 spiro atoms. The van der Waals surface area contributed by atoms with Crippen LogP contribution in [0.15, 0.2) is 43.0 Å². The van der Waals surface area contributed by atoms with E-state index < -0.39 is 29.7 Å². The van der Waals surface area contributed by atoms with E-state index in [1.54, 1.807) is 18.2 Å². The molecule has 2 aromatic carbocycles. The minimum Gasteiger partial charge on any atom is -0.372 e. The van der Waals surface area contributed by atoms with Crippen molar-refractivity contribution in [2.24, 2.45) is 0 Å². The summed E-state index contributed by atoms with van der Waals surface area (Å²) in [5.41, 5.74) is -4.52. The van der Waals surface area contributed by atoms with Gasteiger partial charge in [0, 0.05) is 0 Å². The van der Waals surface area contributed by atoms with Crippen molar-refractivity contribution in [2.75, 3.05) is 0 Å². The Morgan fingerprint density at radius 2 is 1.45 bits per heavy atom. The zero-order chi connectivity index (χ0) is 22.4. The van der Waals surface area contributed by atoms with Crippen LogP contribution in [0.4, 0.5) is 26.3 Å². The zero-order valence-electron chi connectivity index (χ0n) is 16.4. The Balaban J connectivity index is 2.45. The Morgan fingerprint density at radius 1 is 0.931 bits per heavy atom. The van der Waals surface area contributed by atoms with Gasteiger partial charge in [0.25, 0.3) is 5.60 Å². The lowest BCUT2D eigenvalue weighted by Crippen LogP contribution is -2.64. The average Bonchev–Trinajstić information content (AvgIpc) is 2.57. The zero-order valence-corrected chi connectivity index (χ0v) is 16.4. The highest BCUT2D eigenvalue weighted by atomic mass is 19.4. The summed E-state index contributed by atoms with van der Waals surface area (Å²) in [4.78, 5) is 0. The number of rotatable bonds is 5. The van der Waals surface area contributed by atoms with Crippen LogP contribution in [-0.2, 0) is 10.3 Å². The maximum absolute atomic E-state index is 13.1. The van der Waals surface area contributed by atoms with Crippen LogP contribution >= 0.6 is 0 Å². The van der Waals surface area contributed by atoms with Crippen LogP contribution in [-0.4, -0.2) is 29.2 Å². The summed E-state index contributed by atoms with van der Waals surface area (Å²) in [5, 5.41) is 11.1. The largest absolute Gasteiger partial charge is 0.428 e. The Bertz CT molecular complexity index is 898. The number of benzene rings is 2. The Hall–Kier alpha value is -2.06. The lowest BCUT2D eigenvalue weighted by molar-refractivity contribution is -0.398. The third-order valence-corrected chi connectivity index (χ3v) is 4.95. The molecule has 1 atom stereocenters. The first-order valence-corrected chi connectivity index (χ1v) is 8.74. The normalized spacial score (nSPS) is 14.9. The number of halogens is 6. The Labute approximate surface area is 164 Å². The van der Waals surface area contributed by atoms with Crippen molar-refractivity contribution in [3.8, 4) is 0 Å². The van der Waals surface area contributed by atoms with Crippen molar-refractivity contribution in [3.05, 3.63) is 54.1 Å². The van der Waals surface area contributed by atoms with E-state index >= 15 is 0 Å². The minimum absolute atomic E-state index is 0.363. The van der Waals surface area contributed by atoms with Crippen LogP contribution in [0, 0.1) is 0 Å². The van der Waals surface area contributed by atoms with Crippen molar-refractivity contribution < 1.29 is 36.2 Å². The van der Waals surface area contributed by atoms with E-state index in [0.717, 1.165) is 21.9 Å². The van der Waals surface area contributed by atoms with E-state index in [9.17, 15) is 31.4 Å². The van der Waals surface area contributed by atoms with Gasteiger partial charge in [-0.3, -0.25) is 0 Å². The van der Waals surface area contributed by atoms with E-state index in [-0.39, 0.29) is 0 Å². The second-order valence-electron chi connectivity index (χ2n) is 7.59. The number of fused-ring (bicyclic) bond motifs is 1. The number of alkyl halides is 6. The molecule has 29 heavy (non-hydrogen) atoms. The quantitative estimate of drug-likeness (QED) is 0.570. The van der Waals surface area contributed by atoms with Crippen LogP contribution in [0.5, 0.6) is 0 Å². The van der Waals surface area contributed by atoms with Crippen molar-refractivity contribution >= 4 is 16.3 Å². The topological polar surface area (TPSA) is 29.5 Å². The average molecular weight is 420 g/mol. The molecule has 2 nitrogen and oxygen atoms in total. The maximum Gasteiger partial charge on any atom is 0.428 e. The highest BCUT2D eigenvalue weighted by Crippen LogP contribution is 2.47. The van der Waals surface area contributed by atoms with Crippen molar-refractivity contribution in [1.82, 2.24) is 0 Å². The summed E-state index contributed by atoms with van der Waals surface area (Å²) in [6, 6.07) is 10.4. The summed E-state index contributed by atoms with van der Waals surface area (Å²) < 4.78 is 83.8. The number of aliphatic hydroxyl groups is 1. The lowest BCUT2D eigenvalue weighted by Gasteiger charge is -2.40. The first-order valence-electron chi connectivity index (χ1n) is 8.74. The molecule has 0 fully saturated rings. The third kappa shape index (κ3) is 4.28. The molecule has 0 saturated heterocycles. The van der Waals surface area contributed by atoms with Crippen molar-refractivity contribution in [2.45, 2.75) is 57.4 Å². The van der Waals surface area contributed by atoms with E-state index in [4.69, 9.17) is 4.74 Å². The third-order valence-electron chi connectivity index (χ3n) is 4.95. The van der Waals surface area contributed by atoms with Gasteiger partial charge in [-0.15, -0.1) is 0 Å². The molecule has 1 N–H and O–H groups in total. The monoisotopic (exact) mass is 420 g/mol. The first kappa shape index (κ1) is 23.2. The van der Waals surface area contributed by atoms with Gasteiger partial charge in [-0.1, -0.05) is 36.4 Å². The summed E-state index contributed by atoms with van der Waals surface area (Å²) in [6.07, 6.45) is -14.5. The molecule has 0 aliphatic carbocycles. The van der Waals surface area contributed by atoms with Crippen LogP contribution < -0.4 is 0 Å². The standard InChI is InChI=1S/C21H22F6O2/c1-12(2)15-7-6-14-8-9-17(11-16(14)10-15)18(4,5)29-13(3)19(28,20(22,23)24)21(25,26)27/h6-11,13,28H,1H2,2-5H3. The van der Waals surface area contributed by atoms with Gasteiger partial charge in [-0.2, -0.15) is 26.3 Å². The predicted octanol–water partition coefficient (Wildman–Crippen LogP) is 6.37. The van der Waals surface area contributed by atoms with E-state index in [0.29, 0.717) is 12.5 Å². The molecule has 0 bridgehead atoms. The lowest BCUT2D eigenvalue weighted by atomic mass is 9.91. The van der Waals surface area contributed by atoms with Crippen molar-refractivity contribution in [3.63, 3.8) is 0 Å². The summed E-state index contributed by atoms with van der Waals surface area (Å²) in [7, 11) is 0.